The second-order valence-electron chi connectivity index (χ2n) is 4.13. The predicted octanol–water partition coefficient (Wildman–Crippen LogP) is 2.81. The molecule has 1 aromatic rings. The third-order valence-electron chi connectivity index (χ3n) is 2.99. The first kappa shape index (κ1) is 12.8. The highest BCUT2D eigenvalue weighted by atomic mass is 32.2. The molecule has 1 fully saturated rings. The van der Waals surface area contributed by atoms with E-state index in [0.29, 0.717) is 5.56 Å². The fourth-order valence-corrected chi connectivity index (χ4v) is 3.53. The van der Waals surface area contributed by atoms with Crippen molar-refractivity contribution in [3.05, 3.63) is 50.1 Å². The Kier molecular flexibility index (Phi) is 3.81. The number of non-ortho nitro benzene ring substituents is 1. The van der Waals surface area contributed by atoms with Crippen molar-refractivity contribution in [3.63, 3.8) is 0 Å². The Bertz CT molecular complexity index is 457. The van der Waals surface area contributed by atoms with Gasteiger partial charge in [-0.2, -0.15) is 11.8 Å². The molecule has 2 unspecified atom stereocenters. The molecular weight excluding hydrogens is 256 g/mol. The van der Waals surface area contributed by atoms with Crippen LogP contribution in [0, 0.1) is 20.2 Å². The third kappa shape index (κ3) is 2.61. The first-order valence-electron chi connectivity index (χ1n) is 5.59. The lowest BCUT2D eigenvalue weighted by molar-refractivity contribution is -0.528. The predicted molar refractivity (Wildman–Crippen MR) is 68.3 cm³/mol. The smallest absolute Gasteiger partial charge is 0.264 e. The van der Waals surface area contributed by atoms with Gasteiger partial charge in [0.15, 0.2) is 0 Å². The van der Waals surface area contributed by atoms with Crippen LogP contribution in [0.25, 0.3) is 0 Å². The van der Waals surface area contributed by atoms with Crippen LogP contribution in [0.4, 0.5) is 5.69 Å². The molecular formula is C11H12N2O4S. The van der Waals surface area contributed by atoms with E-state index in [1.165, 1.54) is 24.3 Å². The van der Waals surface area contributed by atoms with E-state index >= 15 is 0 Å². The van der Waals surface area contributed by atoms with Gasteiger partial charge in [0.05, 0.1) is 10.2 Å². The Balaban J connectivity index is 2.25. The molecule has 0 aliphatic carbocycles. The number of hydrogen-bond donors (Lipinski definition) is 0. The standard InChI is InChI=1S/C11H12N2O4S/c14-12(15)9-5-3-8(4-6-9)11(13(16)17)10-2-1-7-18-10/h3-6,10-11H,1-2,7H2. The molecule has 0 N–H and O–H groups in total. The summed E-state index contributed by atoms with van der Waals surface area (Å²) in [7, 11) is 0. The van der Waals surface area contributed by atoms with Crippen molar-refractivity contribution in [3.8, 4) is 0 Å². The molecule has 0 bridgehead atoms. The van der Waals surface area contributed by atoms with Crippen molar-refractivity contribution in [2.24, 2.45) is 0 Å². The number of rotatable bonds is 4. The van der Waals surface area contributed by atoms with Gasteiger partial charge in [0.1, 0.15) is 0 Å². The number of nitro groups is 2. The number of thioether (sulfide) groups is 1. The highest BCUT2D eigenvalue weighted by molar-refractivity contribution is 8.00. The molecule has 7 heteroatoms. The fourth-order valence-electron chi connectivity index (χ4n) is 2.12. The second kappa shape index (κ2) is 5.34. The first-order chi connectivity index (χ1) is 8.59. The zero-order valence-electron chi connectivity index (χ0n) is 9.52. The molecule has 0 spiro atoms. The molecule has 1 aliphatic rings. The summed E-state index contributed by atoms with van der Waals surface area (Å²) in [5, 5.41) is 21.7. The SMILES string of the molecule is O=[N+]([O-])c1ccc(C(C2CCCS2)[N+](=O)[O-])cc1. The molecule has 2 atom stereocenters. The summed E-state index contributed by atoms with van der Waals surface area (Å²) < 4.78 is 0. The van der Waals surface area contributed by atoms with Crippen molar-refractivity contribution in [2.75, 3.05) is 5.75 Å². The van der Waals surface area contributed by atoms with Gasteiger partial charge in [0.25, 0.3) is 5.69 Å². The highest BCUT2D eigenvalue weighted by Crippen LogP contribution is 2.38. The third-order valence-corrected chi connectivity index (χ3v) is 4.44. The van der Waals surface area contributed by atoms with Crippen LogP contribution < -0.4 is 0 Å². The number of hydrogen-bond acceptors (Lipinski definition) is 5. The van der Waals surface area contributed by atoms with E-state index in [-0.39, 0.29) is 15.9 Å². The molecule has 1 saturated heterocycles. The van der Waals surface area contributed by atoms with Gasteiger partial charge in [-0.25, -0.2) is 0 Å². The molecule has 0 amide bonds. The van der Waals surface area contributed by atoms with E-state index in [4.69, 9.17) is 0 Å². The summed E-state index contributed by atoms with van der Waals surface area (Å²) in [6.45, 7) is 0. The van der Waals surface area contributed by atoms with Gasteiger partial charge in [-0.15, -0.1) is 0 Å². The minimum absolute atomic E-state index is 0.0264. The molecule has 1 heterocycles. The maximum Gasteiger partial charge on any atom is 0.269 e. The largest absolute Gasteiger partial charge is 0.269 e. The average molecular weight is 268 g/mol. The van der Waals surface area contributed by atoms with Crippen molar-refractivity contribution in [1.29, 1.82) is 0 Å². The quantitative estimate of drug-likeness (QED) is 0.619. The summed E-state index contributed by atoms with van der Waals surface area (Å²) in [4.78, 5) is 20.9. The number of nitrogens with zero attached hydrogens (tertiary/aromatic N) is 2. The lowest BCUT2D eigenvalue weighted by atomic mass is 10.0. The highest BCUT2D eigenvalue weighted by Gasteiger charge is 2.35. The zero-order chi connectivity index (χ0) is 13.1. The molecule has 0 radical (unpaired) electrons. The maximum absolute atomic E-state index is 11.2. The Morgan fingerprint density at radius 3 is 2.33 bits per heavy atom. The van der Waals surface area contributed by atoms with Gasteiger partial charge in [-0.05, 0) is 30.7 Å². The van der Waals surface area contributed by atoms with Crippen LogP contribution in [-0.2, 0) is 0 Å². The Labute approximate surface area is 108 Å². The average Bonchev–Trinajstić information content (AvgIpc) is 2.83. The second-order valence-corrected chi connectivity index (χ2v) is 5.48. The van der Waals surface area contributed by atoms with Gasteiger partial charge in [-0.3, -0.25) is 20.2 Å². The van der Waals surface area contributed by atoms with E-state index < -0.39 is 11.0 Å². The Morgan fingerprint density at radius 1 is 1.22 bits per heavy atom. The van der Waals surface area contributed by atoms with Crippen LogP contribution in [0.15, 0.2) is 24.3 Å². The first-order valence-corrected chi connectivity index (χ1v) is 6.64. The van der Waals surface area contributed by atoms with Crippen LogP contribution in [0.1, 0.15) is 24.4 Å². The van der Waals surface area contributed by atoms with E-state index in [1.54, 1.807) is 11.8 Å². The normalized spacial score (nSPS) is 20.6. The molecule has 96 valence electrons. The van der Waals surface area contributed by atoms with Crippen molar-refractivity contribution >= 4 is 17.4 Å². The summed E-state index contributed by atoms with van der Waals surface area (Å²) in [6.07, 6.45) is 1.82. The Hall–Kier alpha value is -1.63. The van der Waals surface area contributed by atoms with Gasteiger partial charge < -0.3 is 0 Å². The number of benzene rings is 1. The van der Waals surface area contributed by atoms with E-state index in [1.807, 2.05) is 0 Å². The van der Waals surface area contributed by atoms with Gasteiger partial charge in [0, 0.05) is 22.6 Å². The van der Waals surface area contributed by atoms with Crippen molar-refractivity contribution < 1.29 is 9.85 Å². The summed E-state index contributed by atoms with van der Waals surface area (Å²) in [5.74, 6) is 0.946. The Morgan fingerprint density at radius 2 is 1.89 bits per heavy atom. The van der Waals surface area contributed by atoms with Crippen LogP contribution in [0.5, 0.6) is 0 Å². The fraction of sp³-hybridized carbons (Fsp3) is 0.455. The van der Waals surface area contributed by atoms with Gasteiger partial charge in [0.2, 0.25) is 6.04 Å². The van der Waals surface area contributed by atoms with Crippen LogP contribution in [-0.4, -0.2) is 20.8 Å². The van der Waals surface area contributed by atoms with Crippen molar-refractivity contribution in [1.82, 2.24) is 0 Å². The van der Waals surface area contributed by atoms with E-state index in [0.717, 1.165) is 18.6 Å². The lowest BCUT2D eigenvalue weighted by Gasteiger charge is -2.15. The minimum atomic E-state index is -0.765. The summed E-state index contributed by atoms with van der Waals surface area (Å²) in [6, 6.07) is 4.87. The summed E-state index contributed by atoms with van der Waals surface area (Å²) in [5.41, 5.74) is 0.505. The van der Waals surface area contributed by atoms with Gasteiger partial charge in [-0.1, -0.05) is 0 Å². The monoisotopic (exact) mass is 268 g/mol. The molecule has 18 heavy (non-hydrogen) atoms. The van der Waals surface area contributed by atoms with E-state index in [9.17, 15) is 20.2 Å². The molecule has 1 aliphatic heterocycles. The van der Waals surface area contributed by atoms with Crippen LogP contribution >= 0.6 is 11.8 Å². The maximum atomic E-state index is 11.2. The van der Waals surface area contributed by atoms with Gasteiger partial charge >= 0.3 is 0 Å². The molecule has 0 aromatic heterocycles. The minimum Gasteiger partial charge on any atom is -0.264 e. The molecule has 1 aromatic carbocycles. The van der Waals surface area contributed by atoms with Crippen LogP contribution in [0.2, 0.25) is 0 Å². The molecule has 2 rings (SSSR count). The van der Waals surface area contributed by atoms with Crippen molar-refractivity contribution in [2.45, 2.75) is 24.1 Å². The lowest BCUT2D eigenvalue weighted by Crippen LogP contribution is -2.21. The number of nitro benzene ring substituents is 1. The topological polar surface area (TPSA) is 86.3 Å². The zero-order valence-corrected chi connectivity index (χ0v) is 10.3. The van der Waals surface area contributed by atoms with Crippen LogP contribution in [0.3, 0.4) is 0 Å². The van der Waals surface area contributed by atoms with E-state index in [2.05, 4.69) is 0 Å². The molecule has 6 nitrogen and oxygen atoms in total. The summed E-state index contributed by atoms with van der Waals surface area (Å²) >= 11 is 1.61. The molecule has 0 saturated carbocycles.